The van der Waals surface area contributed by atoms with Crippen LogP contribution in [0.25, 0.3) is 11.0 Å². The Morgan fingerprint density at radius 2 is 1.88 bits per heavy atom. The van der Waals surface area contributed by atoms with Crippen LogP contribution in [0.15, 0.2) is 81.1 Å². The fraction of sp³-hybridized carbons (Fsp3) is 0.167. The fourth-order valence-electron chi connectivity index (χ4n) is 3.26. The predicted octanol–water partition coefficient (Wildman–Crippen LogP) is 6.31. The van der Waals surface area contributed by atoms with Crippen LogP contribution in [-0.2, 0) is 4.79 Å². The molecule has 1 aliphatic heterocycles. The zero-order valence-electron chi connectivity index (χ0n) is 16.9. The first-order chi connectivity index (χ1) is 15.2. The molecule has 0 spiro atoms. The number of hydrogen-bond donors (Lipinski definition) is 1. The molecule has 3 aromatic rings. The standard InChI is InChI=1S/C24H18F3NO3S/c1-14(23(30)28-21-10-9-18(13-32-21)24(25,26)27)15-6-4-7-17(11-15)22(29)20-12-16-5-2-3-8-19(16)31-20/h2-8,10-14H,9H2,1H3,(H,28,30). The molecule has 8 heteroatoms. The van der Waals surface area contributed by atoms with Crippen molar-refractivity contribution in [3.63, 3.8) is 0 Å². The van der Waals surface area contributed by atoms with Gasteiger partial charge in [0.05, 0.1) is 10.9 Å². The lowest BCUT2D eigenvalue weighted by molar-refractivity contribution is -0.121. The second-order valence-electron chi connectivity index (χ2n) is 7.35. The Balaban J connectivity index is 1.46. The lowest BCUT2D eigenvalue weighted by Crippen LogP contribution is -2.27. The first kappa shape index (κ1) is 22.0. The van der Waals surface area contributed by atoms with E-state index in [4.69, 9.17) is 4.42 Å². The second-order valence-corrected chi connectivity index (χ2v) is 8.26. The number of rotatable bonds is 5. The topological polar surface area (TPSA) is 59.3 Å². The van der Waals surface area contributed by atoms with E-state index in [0.717, 1.165) is 22.6 Å². The van der Waals surface area contributed by atoms with Crippen molar-refractivity contribution in [1.29, 1.82) is 0 Å². The summed E-state index contributed by atoms with van der Waals surface area (Å²) in [6.07, 6.45) is -3.32. The van der Waals surface area contributed by atoms with Crippen LogP contribution < -0.4 is 5.32 Å². The van der Waals surface area contributed by atoms with Gasteiger partial charge in [0.25, 0.3) is 0 Å². The van der Waals surface area contributed by atoms with E-state index in [1.54, 1.807) is 43.3 Å². The van der Waals surface area contributed by atoms with Crippen molar-refractivity contribution >= 4 is 34.4 Å². The summed E-state index contributed by atoms with van der Waals surface area (Å²) >= 11 is 0.827. The summed E-state index contributed by atoms with van der Waals surface area (Å²) in [6, 6.07) is 15.7. The number of para-hydroxylation sites is 1. The van der Waals surface area contributed by atoms with Gasteiger partial charge in [0.1, 0.15) is 5.58 Å². The average molecular weight is 457 g/mol. The maximum atomic E-state index is 12.9. The molecule has 4 rings (SSSR count). The number of allylic oxidation sites excluding steroid dienone is 2. The molecule has 1 aromatic heterocycles. The highest BCUT2D eigenvalue weighted by Gasteiger charge is 2.34. The summed E-state index contributed by atoms with van der Waals surface area (Å²) in [5, 5.41) is 4.84. The largest absolute Gasteiger partial charge is 0.453 e. The number of amides is 1. The number of alkyl halides is 3. The molecule has 0 fully saturated rings. The van der Waals surface area contributed by atoms with Gasteiger partial charge in [-0.1, -0.05) is 48.2 Å². The predicted molar refractivity (Wildman–Crippen MR) is 117 cm³/mol. The number of thioether (sulfide) groups is 1. The Hall–Kier alpha value is -3.26. The monoisotopic (exact) mass is 457 g/mol. The van der Waals surface area contributed by atoms with E-state index in [0.29, 0.717) is 21.7 Å². The molecule has 32 heavy (non-hydrogen) atoms. The number of benzene rings is 2. The molecule has 0 saturated heterocycles. The Bertz CT molecular complexity index is 1220. The maximum absolute atomic E-state index is 12.9. The molecule has 2 aromatic carbocycles. The molecular formula is C24H18F3NO3S. The van der Waals surface area contributed by atoms with E-state index in [2.05, 4.69) is 5.32 Å². The van der Waals surface area contributed by atoms with Gasteiger partial charge in [-0.2, -0.15) is 13.2 Å². The zero-order valence-corrected chi connectivity index (χ0v) is 17.7. The zero-order chi connectivity index (χ0) is 22.9. The van der Waals surface area contributed by atoms with E-state index in [9.17, 15) is 22.8 Å². The molecule has 1 unspecified atom stereocenters. The number of nitrogens with one attached hydrogen (secondary N) is 1. The number of fused-ring (bicyclic) bond motifs is 1. The number of hydrogen-bond acceptors (Lipinski definition) is 4. The van der Waals surface area contributed by atoms with Crippen molar-refractivity contribution in [2.45, 2.75) is 25.4 Å². The number of halogens is 3. The number of carbonyl (C=O) groups is 2. The highest BCUT2D eigenvalue weighted by molar-refractivity contribution is 8.05. The molecular weight excluding hydrogens is 439 g/mol. The van der Waals surface area contributed by atoms with Crippen LogP contribution >= 0.6 is 11.8 Å². The van der Waals surface area contributed by atoms with E-state index >= 15 is 0 Å². The Labute approximate surface area is 186 Å². The maximum Gasteiger partial charge on any atom is 0.413 e. The van der Waals surface area contributed by atoms with Crippen molar-refractivity contribution in [2.24, 2.45) is 0 Å². The quantitative estimate of drug-likeness (QED) is 0.456. The molecule has 1 N–H and O–H groups in total. The summed E-state index contributed by atoms with van der Waals surface area (Å²) in [6.45, 7) is 1.67. The summed E-state index contributed by atoms with van der Waals surface area (Å²) in [5.74, 6) is -1.09. The highest BCUT2D eigenvalue weighted by Crippen LogP contribution is 2.36. The third kappa shape index (κ3) is 4.65. The third-order valence-corrected chi connectivity index (χ3v) is 6.06. The van der Waals surface area contributed by atoms with Crippen LogP contribution in [0.2, 0.25) is 0 Å². The summed E-state index contributed by atoms with van der Waals surface area (Å²) in [4.78, 5) is 25.5. The number of carbonyl (C=O) groups excluding carboxylic acids is 2. The lowest BCUT2D eigenvalue weighted by Gasteiger charge is -2.18. The Kier molecular flexibility index (Phi) is 5.97. The Morgan fingerprint density at radius 3 is 2.56 bits per heavy atom. The first-order valence-electron chi connectivity index (χ1n) is 9.79. The van der Waals surface area contributed by atoms with Crippen LogP contribution in [0.1, 0.15) is 40.9 Å². The number of furan rings is 1. The first-order valence-corrected chi connectivity index (χ1v) is 10.7. The summed E-state index contributed by atoms with van der Waals surface area (Å²) in [7, 11) is 0. The SMILES string of the molecule is CC(C(=O)NC1=CCC(C(F)(F)F)=CS1)c1cccc(C(=O)c2cc3ccccc3o2)c1. The Morgan fingerprint density at radius 1 is 1.09 bits per heavy atom. The van der Waals surface area contributed by atoms with Crippen LogP contribution in [0.4, 0.5) is 13.2 Å². The molecule has 0 radical (unpaired) electrons. The molecule has 1 amide bonds. The van der Waals surface area contributed by atoms with Crippen molar-refractivity contribution in [3.05, 3.63) is 93.6 Å². The van der Waals surface area contributed by atoms with Gasteiger partial charge in [0, 0.05) is 16.5 Å². The van der Waals surface area contributed by atoms with Crippen molar-refractivity contribution in [2.75, 3.05) is 0 Å². The summed E-state index contributed by atoms with van der Waals surface area (Å²) in [5.41, 5.74) is 0.952. The molecule has 0 bridgehead atoms. The molecule has 0 aliphatic carbocycles. The smallest absolute Gasteiger partial charge is 0.413 e. The van der Waals surface area contributed by atoms with Gasteiger partial charge >= 0.3 is 6.18 Å². The number of ketones is 1. The minimum atomic E-state index is -4.38. The molecule has 2 heterocycles. The van der Waals surface area contributed by atoms with Gasteiger partial charge < -0.3 is 9.73 Å². The van der Waals surface area contributed by atoms with Crippen molar-refractivity contribution in [1.82, 2.24) is 5.32 Å². The minimum absolute atomic E-state index is 0.205. The summed E-state index contributed by atoms with van der Waals surface area (Å²) < 4.78 is 43.8. The van der Waals surface area contributed by atoms with Crippen molar-refractivity contribution in [3.8, 4) is 0 Å². The second kappa shape index (κ2) is 8.70. The molecule has 0 saturated carbocycles. The van der Waals surface area contributed by atoms with Gasteiger partial charge in [0.2, 0.25) is 11.7 Å². The van der Waals surface area contributed by atoms with Gasteiger partial charge in [-0.05, 0) is 48.6 Å². The molecule has 1 atom stereocenters. The van der Waals surface area contributed by atoms with E-state index in [-0.39, 0.29) is 23.9 Å². The lowest BCUT2D eigenvalue weighted by atomic mass is 9.96. The van der Waals surface area contributed by atoms with Gasteiger partial charge in [0.15, 0.2) is 5.76 Å². The fourth-order valence-corrected chi connectivity index (χ4v) is 4.10. The highest BCUT2D eigenvalue weighted by atomic mass is 32.2. The van der Waals surface area contributed by atoms with Crippen LogP contribution in [0.5, 0.6) is 0 Å². The molecule has 1 aliphatic rings. The van der Waals surface area contributed by atoms with E-state index in [1.165, 1.54) is 6.08 Å². The van der Waals surface area contributed by atoms with Crippen LogP contribution in [0.3, 0.4) is 0 Å². The van der Waals surface area contributed by atoms with Crippen LogP contribution in [-0.4, -0.2) is 17.9 Å². The van der Waals surface area contributed by atoms with Crippen LogP contribution in [0, 0.1) is 0 Å². The normalized spacial score (nSPS) is 15.1. The van der Waals surface area contributed by atoms with Gasteiger partial charge in [-0.3, -0.25) is 9.59 Å². The third-order valence-electron chi connectivity index (χ3n) is 5.14. The van der Waals surface area contributed by atoms with E-state index < -0.39 is 17.7 Å². The average Bonchev–Trinajstić information content (AvgIpc) is 3.22. The van der Waals surface area contributed by atoms with Crippen molar-refractivity contribution < 1.29 is 27.2 Å². The van der Waals surface area contributed by atoms with E-state index in [1.807, 2.05) is 18.2 Å². The molecule has 164 valence electrons. The van der Waals surface area contributed by atoms with Gasteiger partial charge in [-0.15, -0.1) is 0 Å². The molecule has 4 nitrogen and oxygen atoms in total. The minimum Gasteiger partial charge on any atom is -0.453 e. The van der Waals surface area contributed by atoms with Gasteiger partial charge in [-0.25, -0.2) is 0 Å².